The molecule has 0 aromatic carbocycles. The highest BCUT2D eigenvalue weighted by atomic mass is 79.9. The number of pyridine rings is 1. The summed E-state index contributed by atoms with van der Waals surface area (Å²) in [7, 11) is 0. The summed E-state index contributed by atoms with van der Waals surface area (Å²) in [5.74, 6) is 5.75. The van der Waals surface area contributed by atoms with Gasteiger partial charge in [-0.05, 0) is 47.8 Å². The van der Waals surface area contributed by atoms with Crippen LogP contribution >= 0.6 is 15.9 Å². The van der Waals surface area contributed by atoms with E-state index in [1.165, 1.54) is 0 Å². The van der Waals surface area contributed by atoms with Crippen LogP contribution < -0.4 is 11.3 Å². The molecule has 1 aromatic rings. The molecule has 0 aliphatic heterocycles. The average molecular weight is 330 g/mol. The molecule has 1 rings (SSSR count). The molecule has 0 saturated carbocycles. The van der Waals surface area contributed by atoms with E-state index in [0.717, 1.165) is 29.4 Å². The van der Waals surface area contributed by atoms with Crippen molar-refractivity contribution in [1.82, 2.24) is 10.4 Å². The third-order valence-electron chi connectivity index (χ3n) is 3.67. The molecular weight excluding hydrogens is 306 g/mol. The molecule has 0 aliphatic carbocycles. The monoisotopic (exact) mass is 329 g/mol. The van der Waals surface area contributed by atoms with Crippen molar-refractivity contribution >= 4 is 15.9 Å². The van der Waals surface area contributed by atoms with E-state index in [4.69, 9.17) is 10.6 Å². The Hall–Kier alpha value is -0.490. The van der Waals surface area contributed by atoms with Crippen molar-refractivity contribution in [3.05, 3.63) is 28.5 Å². The van der Waals surface area contributed by atoms with Gasteiger partial charge in [0.1, 0.15) is 0 Å². The minimum absolute atomic E-state index is 0.0520. The van der Waals surface area contributed by atoms with Gasteiger partial charge in [0, 0.05) is 29.4 Å². The Morgan fingerprint density at radius 3 is 2.47 bits per heavy atom. The van der Waals surface area contributed by atoms with Crippen molar-refractivity contribution in [2.24, 2.45) is 5.84 Å². The summed E-state index contributed by atoms with van der Waals surface area (Å²) in [5, 5.41) is 0. The lowest BCUT2D eigenvalue weighted by molar-refractivity contribution is -0.0721. The number of nitrogens with one attached hydrogen (secondary N) is 1. The Bertz CT molecular complexity index is 365. The Kier molecular flexibility index (Phi) is 6.93. The van der Waals surface area contributed by atoms with Crippen LogP contribution in [0.2, 0.25) is 0 Å². The zero-order valence-corrected chi connectivity index (χ0v) is 13.5. The molecule has 0 radical (unpaired) electrons. The molecule has 4 nitrogen and oxygen atoms in total. The Balaban J connectivity index is 2.88. The summed E-state index contributed by atoms with van der Waals surface area (Å²) >= 11 is 3.39. The van der Waals surface area contributed by atoms with Gasteiger partial charge >= 0.3 is 0 Å². The Labute approximate surface area is 124 Å². The third-order valence-corrected chi connectivity index (χ3v) is 4.14. The molecule has 0 amide bonds. The molecule has 108 valence electrons. The Morgan fingerprint density at radius 1 is 1.37 bits per heavy atom. The lowest BCUT2D eigenvalue weighted by atomic mass is 9.85. The first-order valence-corrected chi connectivity index (χ1v) is 7.61. The van der Waals surface area contributed by atoms with Crippen LogP contribution in [0.3, 0.4) is 0 Å². The number of aromatic nitrogens is 1. The van der Waals surface area contributed by atoms with Crippen molar-refractivity contribution < 1.29 is 4.74 Å². The second-order valence-corrected chi connectivity index (χ2v) is 5.51. The Morgan fingerprint density at radius 2 is 2.05 bits per heavy atom. The molecule has 19 heavy (non-hydrogen) atoms. The second kappa shape index (κ2) is 7.94. The molecule has 0 spiro atoms. The van der Waals surface area contributed by atoms with E-state index in [-0.39, 0.29) is 11.6 Å². The highest BCUT2D eigenvalue weighted by Crippen LogP contribution is 2.27. The molecule has 5 heteroatoms. The fraction of sp³-hybridized carbons (Fsp3) is 0.643. The summed E-state index contributed by atoms with van der Waals surface area (Å²) in [5.41, 5.74) is 3.69. The van der Waals surface area contributed by atoms with Crippen LogP contribution in [-0.4, -0.2) is 23.2 Å². The van der Waals surface area contributed by atoms with Crippen molar-refractivity contribution in [1.29, 1.82) is 0 Å². The maximum Gasteiger partial charge on any atom is 0.0846 e. The van der Waals surface area contributed by atoms with Crippen LogP contribution in [0.1, 0.15) is 39.3 Å². The number of nitrogens with zero attached hydrogens (tertiary/aromatic N) is 1. The zero-order chi connectivity index (χ0) is 14.3. The first-order valence-electron chi connectivity index (χ1n) is 6.82. The first kappa shape index (κ1) is 16.6. The van der Waals surface area contributed by atoms with Gasteiger partial charge in [-0.25, -0.2) is 0 Å². The predicted octanol–water partition coefficient (Wildman–Crippen LogP) is 2.81. The van der Waals surface area contributed by atoms with Gasteiger partial charge in [0.05, 0.1) is 11.6 Å². The predicted molar refractivity (Wildman–Crippen MR) is 81.7 cm³/mol. The van der Waals surface area contributed by atoms with E-state index in [1.807, 2.05) is 25.3 Å². The van der Waals surface area contributed by atoms with Crippen molar-refractivity contribution in [3.8, 4) is 0 Å². The maximum absolute atomic E-state index is 6.00. The largest absolute Gasteiger partial charge is 0.374 e. The topological polar surface area (TPSA) is 60.2 Å². The van der Waals surface area contributed by atoms with E-state index in [0.29, 0.717) is 6.61 Å². The van der Waals surface area contributed by atoms with Crippen LogP contribution in [0.15, 0.2) is 22.8 Å². The molecule has 0 saturated heterocycles. The highest BCUT2D eigenvalue weighted by molar-refractivity contribution is 9.10. The first-order chi connectivity index (χ1) is 9.11. The molecule has 3 N–H and O–H groups in total. The third kappa shape index (κ3) is 4.24. The van der Waals surface area contributed by atoms with Gasteiger partial charge in [0.15, 0.2) is 0 Å². The summed E-state index contributed by atoms with van der Waals surface area (Å²) in [6.45, 7) is 6.98. The normalized spacial score (nSPS) is 13.5. The number of hydrazine groups is 1. The smallest absolute Gasteiger partial charge is 0.0846 e. The number of ether oxygens (including phenoxy) is 1. The van der Waals surface area contributed by atoms with Gasteiger partial charge in [0.25, 0.3) is 0 Å². The van der Waals surface area contributed by atoms with E-state index in [1.54, 1.807) is 0 Å². The van der Waals surface area contributed by atoms with Crippen LogP contribution in [-0.2, 0) is 11.2 Å². The van der Waals surface area contributed by atoms with Crippen LogP contribution in [0.5, 0.6) is 0 Å². The van der Waals surface area contributed by atoms with Crippen molar-refractivity contribution in [2.45, 2.75) is 51.7 Å². The molecular formula is C14H24BrN3O. The summed E-state index contributed by atoms with van der Waals surface area (Å²) in [6, 6.07) is 4.06. The van der Waals surface area contributed by atoms with Gasteiger partial charge in [-0.3, -0.25) is 16.3 Å². The molecule has 0 aliphatic rings. The standard InChI is InChI=1S/C14H24BrN3O/c1-4-14(5-2,19-6-3)13(18-16)9-12-8-7-11(15)10-17-12/h7-8,10,13,18H,4-6,9,16H2,1-3H3. The van der Waals surface area contributed by atoms with Gasteiger partial charge in [-0.15, -0.1) is 0 Å². The van der Waals surface area contributed by atoms with Gasteiger partial charge in [0.2, 0.25) is 0 Å². The summed E-state index contributed by atoms with van der Waals surface area (Å²) in [4.78, 5) is 4.41. The summed E-state index contributed by atoms with van der Waals surface area (Å²) < 4.78 is 6.98. The second-order valence-electron chi connectivity index (χ2n) is 4.60. The average Bonchev–Trinajstić information content (AvgIpc) is 2.44. The number of hydrogen-bond acceptors (Lipinski definition) is 4. The van der Waals surface area contributed by atoms with Crippen molar-refractivity contribution in [3.63, 3.8) is 0 Å². The fourth-order valence-corrected chi connectivity index (χ4v) is 2.70. The van der Waals surface area contributed by atoms with Crippen LogP contribution in [0.4, 0.5) is 0 Å². The number of rotatable bonds is 8. The van der Waals surface area contributed by atoms with E-state index >= 15 is 0 Å². The number of hydrogen-bond donors (Lipinski definition) is 2. The van der Waals surface area contributed by atoms with Crippen molar-refractivity contribution in [2.75, 3.05) is 6.61 Å². The number of halogens is 1. The highest BCUT2D eigenvalue weighted by Gasteiger charge is 2.36. The fourth-order valence-electron chi connectivity index (χ4n) is 2.47. The zero-order valence-electron chi connectivity index (χ0n) is 11.9. The van der Waals surface area contributed by atoms with Gasteiger partial charge in [-0.1, -0.05) is 13.8 Å². The molecule has 1 unspecified atom stereocenters. The molecule has 1 aromatic heterocycles. The molecule has 1 heterocycles. The van der Waals surface area contributed by atoms with E-state index in [9.17, 15) is 0 Å². The summed E-state index contributed by atoms with van der Waals surface area (Å²) in [6.07, 6.45) is 4.40. The van der Waals surface area contributed by atoms with Gasteiger partial charge in [-0.2, -0.15) is 0 Å². The minimum Gasteiger partial charge on any atom is -0.374 e. The SMILES string of the molecule is CCOC(CC)(CC)C(Cc1ccc(Br)cn1)NN. The number of nitrogens with two attached hydrogens (primary N) is 1. The molecule has 0 bridgehead atoms. The lowest BCUT2D eigenvalue weighted by Crippen LogP contribution is -2.55. The van der Waals surface area contributed by atoms with Gasteiger partial charge < -0.3 is 4.74 Å². The maximum atomic E-state index is 6.00. The van der Waals surface area contributed by atoms with E-state index < -0.39 is 0 Å². The van der Waals surface area contributed by atoms with E-state index in [2.05, 4.69) is 40.2 Å². The minimum atomic E-state index is -0.238. The quantitative estimate of drug-likeness (QED) is 0.568. The molecule has 1 atom stereocenters. The molecule has 0 fully saturated rings. The lowest BCUT2D eigenvalue weighted by Gasteiger charge is -2.39. The van der Waals surface area contributed by atoms with Crippen LogP contribution in [0, 0.1) is 0 Å². The van der Waals surface area contributed by atoms with Crippen LogP contribution in [0.25, 0.3) is 0 Å².